The third kappa shape index (κ3) is 6.95. The van der Waals surface area contributed by atoms with Crippen molar-refractivity contribution in [3.05, 3.63) is 48.0 Å². The van der Waals surface area contributed by atoms with Crippen LogP contribution in [0.4, 0.5) is 4.79 Å². The number of carbonyl (C=O) groups is 1. The first-order valence-corrected chi connectivity index (χ1v) is 6.75. The number of hydrogen-bond acceptors (Lipinski definition) is 4. The molecule has 0 spiro atoms. The topological polar surface area (TPSA) is 44.8 Å². The van der Waals surface area contributed by atoms with Gasteiger partial charge in [0.25, 0.3) is 0 Å². The summed E-state index contributed by atoms with van der Waals surface area (Å²) < 4.78 is 14.8. The van der Waals surface area contributed by atoms with Gasteiger partial charge in [-0.05, 0) is 12.0 Å². The van der Waals surface area contributed by atoms with Gasteiger partial charge in [0, 0.05) is 5.92 Å². The summed E-state index contributed by atoms with van der Waals surface area (Å²) in [6, 6.07) is 10.1. The Labute approximate surface area is 120 Å². The lowest BCUT2D eigenvalue weighted by atomic mass is 10.1. The molecule has 20 heavy (non-hydrogen) atoms. The molecule has 0 aliphatic carbocycles. The van der Waals surface area contributed by atoms with Crippen molar-refractivity contribution in [2.45, 2.75) is 20.0 Å². The summed E-state index contributed by atoms with van der Waals surface area (Å²) in [5.41, 5.74) is 1.17. The fraction of sp³-hybridized carbons (Fsp3) is 0.438. The minimum absolute atomic E-state index is 0.224. The lowest BCUT2D eigenvalue weighted by Gasteiger charge is -2.11. The van der Waals surface area contributed by atoms with E-state index in [0.29, 0.717) is 19.1 Å². The zero-order chi connectivity index (χ0) is 14.6. The van der Waals surface area contributed by atoms with E-state index in [-0.39, 0.29) is 6.61 Å². The molecule has 110 valence electrons. The predicted octanol–water partition coefficient (Wildman–Crippen LogP) is 3.57. The first kappa shape index (κ1) is 16.2. The molecule has 1 atom stereocenters. The fourth-order valence-electron chi connectivity index (χ4n) is 1.63. The van der Waals surface area contributed by atoms with Gasteiger partial charge >= 0.3 is 6.16 Å². The van der Waals surface area contributed by atoms with Crippen molar-refractivity contribution in [2.24, 2.45) is 5.92 Å². The molecule has 0 aromatic heterocycles. The van der Waals surface area contributed by atoms with E-state index in [4.69, 9.17) is 9.47 Å². The average Bonchev–Trinajstić information content (AvgIpc) is 2.50. The van der Waals surface area contributed by atoms with Crippen molar-refractivity contribution in [3.63, 3.8) is 0 Å². The van der Waals surface area contributed by atoms with Gasteiger partial charge in [-0.3, -0.25) is 0 Å². The third-order valence-corrected chi connectivity index (χ3v) is 2.84. The van der Waals surface area contributed by atoms with Gasteiger partial charge in [-0.25, -0.2) is 4.79 Å². The van der Waals surface area contributed by atoms with E-state index < -0.39 is 6.16 Å². The summed E-state index contributed by atoms with van der Waals surface area (Å²) >= 11 is 0. The summed E-state index contributed by atoms with van der Waals surface area (Å²) in [6.07, 6.45) is 4.14. The second kappa shape index (κ2) is 10.0. The maximum Gasteiger partial charge on any atom is 0.508 e. The Morgan fingerprint density at radius 1 is 1.30 bits per heavy atom. The molecular formula is C16H22O4. The van der Waals surface area contributed by atoms with Crippen molar-refractivity contribution in [1.82, 2.24) is 0 Å². The first-order valence-electron chi connectivity index (χ1n) is 6.75. The molecule has 1 rings (SSSR count). The van der Waals surface area contributed by atoms with Gasteiger partial charge < -0.3 is 14.2 Å². The van der Waals surface area contributed by atoms with Gasteiger partial charge in [-0.1, -0.05) is 49.4 Å². The SMILES string of the molecule is CC[C@H](/C=C/COC(=O)OC)COCc1ccccc1. The highest BCUT2D eigenvalue weighted by Crippen LogP contribution is 2.08. The number of hydrogen-bond donors (Lipinski definition) is 0. The van der Waals surface area contributed by atoms with Crippen LogP contribution in [0.3, 0.4) is 0 Å². The summed E-state index contributed by atoms with van der Waals surface area (Å²) in [6.45, 7) is 3.59. The maximum absolute atomic E-state index is 10.8. The van der Waals surface area contributed by atoms with Gasteiger partial charge in [0.2, 0.25) is 0 Å². The largest absolute Gasteiger partial charge is 0.508 e. The zero-order valence-corrected chi connectivity index (χ0v) is 12.1. The maximum atomic E-state index is 10.8. The van der Waals surface area contributed by atoms with Crippen molar-refractivity contribution in [2.75, 3.05) is 20.3 Å². The van der Waals surface area contributed by atoms with E-state index in [0.717, 1.165) is 6.42 Å². The molecule has 0 fully saturated rings. The Kier molecular flexibility index (Phi) is 8.15. The zero-order valence-electron chi connectivity index (χ0n) is 12.1. The predicted molar refractivity (Wildman–Crippen MR) is 77.4 cm³/mol. The second-order valence-corrected chi connectivity index (χ2v) is 4.36. The Hall–Kier alpha value is -1.81. The van der Waals surface area contributed by atoms with Gasteiger partial charge in [0.05, 0.1) is 20.3 Å². The van der Waals surface area contributed by atoms with Crippen molar-refractivity contribution >= 4 is 6.16 Å². The van der Waals surface area contributed by atoms with Gasteiger partial charge in [-0.15, -0.1) is 0 Å². The molecule has 4 nitrogen and oxygen atoms in total. The quantitative estimate of drug-likeness (QED) is 0.538. The Morgan fingerprint density at radius 3 is 2.70 bits per heavy atom. The van der Waals surface area contributed by atoms with Crippen molar-refractivity contribution in [3.8, 4) is 0 Å². The van der Waals surface area contributed by atoms with E-state index in [9.17, 15) is 4.79 Å². The fourth-order valence-corrected chi connectivity index (χ4v) is 1.63. The molecule has 0 radical (unpaired) electrons. The van der Waals surface area contributed by atoms with Crippen LogP contribution in [0.1, 0.15) is 18.9 Å². The average molecular weight is 278 g/mol. The Balaban J connectivity index is 2.22. The number of carbonyl (C=O) groups excluding carboxylic acids is 1. The molecule has 1 aromatic rings. The van der Waals surface area contributed by atoms with Crippen LogP contribution in [0.15, 0.2) is 42.5 Å². The van der Waals surface area contributed by atoms with Crippen molar-refractivity contribution in [1.29, 1.82) is 0 Å². The van der Waals surface area contributed by atoms with Gasteiger partial charge in [0.1, 0.15) is 6.61 Å². The van der Waals surface area contributed by atoms with Crippen LogP contribution >= 0.6 is 0 Å². The van der Waals surface area contributed by atoms with E-state index in [1.807, 2.05) is 42.5 Å². The summed E-state index contributed by atoms with van der Waals surface area (Å²) in [7, 11) is 1.29. The van der Waals surface area contributed by atoms with Crippen LogP contribution in [0.5, 0.6) is 0 Å². The minimum Gasteiger partial charge on any atom is -0.438 e. The minimum atomic E-state index is -0.664. The van der Waals surface area contributed by atoms with Crippen LogP contribution in [-0.2, 0) is 20.8 Å². The number of benzene rings is 1. The van der Waals surface area contributed by atoms with Crippen LogP contribution < -0.4 is 0 Å². The Morgan fingerprint density at radius 2 is 2.05 bits per heavy atom. The molecule has 1 aromatic carbocycles. The van der Waals surface area contributed by atoms with E-state index in [1.165, 1.54) is 12.7 Å². The van der Waals surface area contributed by atoms with Gasteiger partial charge in [-0.2, -0.15) is 0 Å². The molecule has 0 aliphatic rings. The molecule has 0 N–H and O–H groups in total. The highest BCUT2D eigenvalue weighted by atomic mass is 16.7. The Bertz CT molecular complexity index is 400. The number of rotatable bonds is 8. The first-order chi connectivity index (χ1) is 9.76. The van der Waals surface area contributed by atoms with E-state index in [1.54, 1.807) is 0 Å². The molecule has 0 unspecified atom stereocenters. The molecule has 4 heteroatoms. The monoisotopic (exact) mass is 278 g/mol. The smallest absolute Gasteiger partial charge is 0.438 e. The van der Waals surface area contributed by atoms with Gasteiger partial charge in [0.15, 0.2) is 0 Å². The highest BCUT2D eigenvalue weighted by Gasteiger charge is 2.03. The second-order valence-electron chi connectivity index (χ2n) is 4.36. The molecule has 0 saturated heterocycles. The molecule has 0 bridgehead atoms. The standard InChI is InChI=1S/C16H22O4/c1-3-14(10-7-11-20-16(17)18-2)12-19-13-15-8-5-4-6-9-15/h4-10,14H,3,11-13H2,1-2H3/b10-7+/t14-/m1/s1. The van der Waals surface area contributed by atoms with Crippen LogP contribution in [0, 0.1) is 5.92 Å². The highest BCUT2D eigenvalue weighted by molar-refractivity contribution is 5.59. The van der Waals surface area contributed by atoms with E-state index in [2.05, 4.69) is 11.7 Å². The van der Waals surface area contributed by atoms with Crippen LogP contribution in [0.2, 0.25) is 0 Å². The molecule has 0 amide bonds. The molecule has 0 heterocycles. The normalized spacial score (nSPS) is 12.3. The van der Waals surface area contributed by atoms with Crippen molar-refractivity contribution < 1.29 is 19.0 Å². The molecule has 0 saturated carbocycles. The molecule has 0 aliphatic heterocycles. The number of methoxy groups -OCH3 is 1. The van der Waals surface area contributed by atoms with Crippen LogP contribution in [-0.4, -0.2) is 26.5 Å². The lowest BCUT2D eigenvalue weighted by molar-refractivity contribution is 0.0812. The summed E-state index contributed by atoms with van der Waals surface area (Å²) in [4.78, 5) is 10.8. The van der Waals surface area contributed by atoms with Crippen LogP contribution in [0.25, 0.3) is 0 Å². The lowest BCUT2D eigenvalue weighted by Crippen LogP contribution is -2.07. The summed E-state index contributed by atoms with van der Waals surface area (Å²) in [5, 5.41) is 0. The number of ether oxygens (including phenoxy) is 3. The molecular weight excluding hydrogens is 256 g/mol. The van der Waals surface area contributed by atoms with E-state index >= 15 is 0 Å². The summed E-state index contributed by atoms with van der Waals surface area (Å²) in [5.74, 6) is 0.319. The third-order valence-electron chi connectivity index (χ3n) is 2.84.